The van der Waals surface area contributed by atoms with E-state index >= 15 is 0 Å². The number of fused-ring (bicyclic) bond motifs is 1. The average Bonchev–Trinajstić information content (AvgIpc) is 3.15. The molecule has 1 aromatic carbocycles. The molecule has 28 heavy (non-hydrogen) atoms. The number of ether oxygens (including phenoxy) is 2. The standard InChI is InChI=1S/C22H26O6/c1-2-3-4-5-6-7-11-17-18-16(21(25)28-19(18)22(26)27-17)13-14-9-8-10-15(12-14)20(23)24/h8-10,12-13,17-19H,2-7,11H2,1H3,(H,23,24)/b16-13-/t17-,18-,19-/m1/s1. The Morgan fingerprint density at radius 2 is 1.86 bits per heavy atom. The van der Waals surface area contributed by atoms with E-state index in [1.807, 2.05) is 0 Å². The van der Waals surface area contributed by atoms with Gasteiger partial charge in [0.2, 0.25) is 6.10 Å². The van der Waals surface area contributed by atoms with Crippen LogP contribution in [0.25, 0.3) is 6.08 Å². The summed E-state index contributed by atoms with van der Waals surface area (Å²) in [7, 11) is 0. The fourth-order valence-electron chi connectivity index (χ4n) is 3.90. The number of benzene rings is 1. The second-order valence-corrected chi connectivity index (χ2v) is 7.41. The fraction of sp³-hybridized carbons (Fsp3) is 0.500. The van der Waals surface area contributed by atoms with Crippen LogP contribution in [0.3, 0.4) is 0 Å². The van der Waals surface area contributed by atoms with Gasteiger partial charge >= 0.3 is 17.9 Å². The zero-order chi connectivity index (χ0) is 20.1. The Labute approximate surface area is 164 Å². The molecule has 1 aromatic rings. The third kappa shape index (κ3) is 4.43. The molecule has 0 unspecified atom stereocenters. The molecule has 0 amide bonds. The van der Waals surface area contributed by atoms with Gasteiger partial charge in [-0.1, -0.05) is 51.2 Å². The number of hydrogen-bond donors (Lipinski definition) is 1. The summed E-state index contributed by atoms with van der Waals surface area (Å²) >= 11 is 0. The van der Waals surface area contributed by atoms with Gasteiger partial charge in [-0.15, -0.1) is 0 Å². The van der Waals surface area contributed by atoms with E-state index in [0.29, 0.717) is 17.6 Å². The van der Waals surface area contributed by atoms with Crippen LogP contribution in [0, 0.1) is 5.92 Å². The van der Waals surface area contributed by atoms with Crippen molar-refractivity contribution in [2.45, 2.75) is 64.1 Å². The number of rotatable bonds is 9. The number of carboxylic acid groups (broad SMARTS) is 1. The highest BCUT2D eigenvalue weighted by atomic mass is 16.6. The molecule has 2 saturated heterocycles. The van der Waals surface area contributed by atoms with E-state index in [4.69, 9.17) is 14.6 Å². The van der Waals surface area contributed by atoms with Gasteiger partial charge in [-0.2, -0.15) is 0 Å². The first kappa shape index (κ1) is 20.1. The molecule has 0 spiro atoms. The fourth-order valence-corrected chi connectivity index (χ4v) is 3.90. The predicted molar refractivity (Wildman–Crippen MR) is 103 cm³/mol. The smallest absolute Gasteiger partial charge is 0.348 e. The van der Waals surface area contributed by atoms with Gasteiger partial charge < -0.3 is 14.6 Å². The zero-order valence-corrected chi connectivity index (χ0v) is 16.1. The average molecular weight is 386 g/mol. The molecule has 6 heteroatoms. The number of esters is 2. The topological polar surface area (TPSA) is 89.9 Å². The normalized spacial score (nSPS) is 24.9. The number of carbonyl (C=O) groups excluding carboxylic acids is 2. The molecule has 3 atom stereocenters. The number of unbranched alkanes of at least 4 members (excludes halogenated alkanes) is 5. The highest BCUT2D eigenvalue weighted by molar-refractivity contribution is 6.01. The van der Waals surface area contributed by atoms with Crippen LogP contribution in [-0.4, -0.2) is 35.2 Å². The molecule has 0 aliphatic carbocycles. The maximum Gasteiger partial charge on any atom is 0.348 e. The lowest BCUT2D eigenvalue weighted by Crippen LogP contribution is -2.22. The lowest BCUT2D eigenvalue weighted by Gasteiger charge is -2.15. The summed E-state index contributed by atoms with van der Waals surface area (Å²) in [5, 5.41) is 9.15. The Morgan fingerprint density at radius 3 is 2.61 bits per heavy atom. The third-order valence-corrected chi connectivity index (χ3v) is 5.35. The molecule has 0 aromatic heterocycles. The largest absolute Gasteiger partial charge is 0.478 e. The number of carbonyl (C=O) groups is 3. The summed E-state index contributed by atoms with van der Waals surface area (Å²) in [6.07, 6.45) is 7.85. The van der Waals surface area contributed by atoms with E-state index in [9.17, 15) is 14.4 Å². The van der Waals surface area contributed by atoms with Crippen LogP contribution in [-0.2, 0) is 19.1 Å². The highest BCUT2D eigenvalue weighted by Crippen LogP contribution is 2.40. The molecule has 3 rings (SSSR count). The lowest BCUT2D eigenvalue weighted by molar-refractivity contribution is -0.156. The van der Waals surface area contributed by atoms with Gasteiger partial charge in [-0.3, -0.25) is 0 Å². The molecule has 2 aliphatic heterocycles. The first-order valence-electron chi connectivity index (χ1n) is 9.97. The van der Waals surface area contributed by atoms with Crippen LogP contribution in [0.4, 0.5) is 0 Å². The van der Waals surface area contributed by atoms with Crippen LogP contribution < -0.4 is 0 Å². The highest BCUT2D eigenvalue weighted by Gasteiger charge is 2.55. The summed E-state index contributed by atoms with van der Waals surface area (Å²) in [6, 6.07) is 6.33. The third-order valence-electron chi connectivity index (χ3n) is 5.35. The molecule has 2 heterocycles. The minimum atomic E-state index is -1.03. The van der Waals surface area contributed by atoms with Crippen molar-refractivity contribution in [1.82, 2.24) is 0 Å². The molecular formula is C22H26O6. The minimum absolute atomic E-state index is 0.139. The van der Waals surface area contributed by atoms with E-state index in [1.54, 1.807) is 18.2 Å². The number of aromatic carboxylic acids is 1. The molecule has 0 saturated carbocycles. The summed E-state index contributed by atoms with van der Waals surface area (Å²) in [5.41, 5.74) is 1.11. The van der Waals surface area contributed by atoms with Crippen LogP contribution >= 0.6 is 0 Å². The summed E-state index contributed by atoms with van der Waals surface area (Å²) in [6.45, 7) is 2.18. The van der Waals surface area contributed by atoms with Crippen molar-refractivity contribution in [3.8, 4) is 0 Å². The Bertz CT molecular complexity index is 781. The van der Waals surface area contributed by atoms with E-state index in [1.165, 1.54) is 31.4 Å². The van der Waals surface area contributed by atoms with Crippen molar-refractivity contribution in [3.63, 3.8) is 0 Å². The van der Waals surface area contributed by atoms with E-state index < -0.39 is 29.9 Å². The molecule has 2 aliphatic rings. The van der Waals surface area contributed by atoms with Crippen molar-refractivity contribution in [2.24, 2.45) is 5.92 Å². The first-order valence-corrected chi connectivity index (χ1v) is 9.97. The molecule has 0 radical (unpaired) electrons. The Morgan fingerprint density at radius 1 is 1.11 bits per heavy atom. The van der Waals surface area contributed by atoms with Crippen molar-refractivity contribution >= 4 is 24.0 Å². The van der Waals surface area contributed by atoms with Crippen molar-refractivity contribution in [1.29, 1.82) is 0 Å². The minimum Gasteiger partial charge on any atom is -0.478 e. The van der Waals surface area contributed by atoms with E-state index in [-0.39, 0.29) is 11.7 Å². The van der Waals surface area contributed by atoms with Gasteiger partial charge in [0.1, 0.15) is 6.10 Å². The summed E-state index contributed by atoms with van der Waals surface area (Å²) in [5.74, 6) is -2.48. The molecule has 150 valence electrons. The van der Waals surface area contributed by atoms with Crippen LogP contribution in [0.5, 0.6) is 0 Å². The Balaban J connectivity index is 1.72. The van der Waals surface area contributed by atoms with Crippen molar-refractivity contribution in [2.75, 3.05) is 0 Å². The summed E-state index contributed by atoms with van der Waals surface area (Å²) < 4.78 is 10.7. The van der Waals surface area contributed by atoms with Crippen LogP contribution in [0.15, 0.2) is 29.8 Å². The lowest BCUT2D eigenvalue weighted by atomic mass is 9.88. The van der Waals surface area contributed by atoms with Gasteiger partial charge in [0, 0.05) is 5.57 Å². The zero-order valence-electron chi connectivity index (χ0n) is 16.1. The SMILES string of the molecule is CCCCCCCC[C@H]1OC(=O)[C@@H]2OC(=O)/C(=C\c3cccc(C(=O)O)c3)[C@H]12. The van der Waals surface area contributed by atoms with Gasteiger partial charge in [0.05, 0.1) is 11.5 Å². The van der Waals surface area contributed by atoms with Crippen molar-refractivity contribution < 1.29 is 29.0 Å². The molecule has 1 N–H and O–H groups in total. The van der Waals surface area contributed by atoms with Gasteiger partial charge in [0.25, 0.3) is 0 Å². The van der Waals surface area contributed by atoms with Crippen LogP contribution in [0.2, 0.25) is 0 Å². The summed E-state index contributed by atoms with van der Waals surface area (Å²) in [4.78, 5) is 35.6. The van der Waals surface area contributed by atoms with E-state index in [0.717, 1.165) is 19.3 Å². The maximum atomic E-state index is 12.3. The van der Waals surface area contributed by atoms with E-state index in [2.05, 4.69) is 6.92 Å². The van der Waals surface area contributed by atoms with Gasteiger partial charge in [-0.05, 0) is 36.6 Å². The monoisotopic (exact) mass is 386 g/mol. The second kappa shape index (κ2) is 9.04. The second-order valence-electron chi connectivity index (χ2n) is 7.41. The van der Waals surface area contributed by atoms with Gasteiger partial charge in [-0.25, -0.2) is 14.4 Å². The first-order chi connectivity index (χ1) is 13.5. The Kier molecular flexibility index (Phi) is 6.49. The quantitative estimate of drug-likeness (QED) is 0.392. The Hall–Kier alpha value is -2.63. The van der Waals surface area contributed by atoms with Crippen molar-refractivity contribution in [3.05, 3.63) is 41.0 Å². The number of hydrogen-bond acceptors (Lipinski definition) is 5. The predicted octanol–water partition coefficient (Wildman–Crippen LogP) is 3.99. The number of cyclic esters (lactones) is 1. The molecular weight excluding hydrogens is 360 g/mol. The molecule has 0 bridgehead atoms. The molecule has 2 fully saturated rings. The maximum absolute atomic E-state index is 12.3. The van der Waals surface area contributed by atoms with Gasteiger partial charge in [0.15, 0.2) is 0 Å². The molecule has 6 nitrogen and oxygen atoms in total. The van der Waals surface area contributed by atoms with Crippen LogP contribution in [0.1, 0.15) is 67.8 Å². The number of carboxylic acids is 1.